The first-order valence-electron chi connectivity index (χ1n) is 5.65. The Kier molecular flexibility index (Phi) is 3.35. The Morgan fingerprint density at radius 2 is 2.06 bits per heavy atom. The molecule has 18 heavy (non-hydrogen) atoms. The van der Waals surface area contributed by atoms with Crippen LogP contribution in [-0.2, 0) is 5.41 Å². The van der Waals surface area contributed by atoms with E-state index in [0.717, 1.165) is 11.3 Å². The molecule has 0 spiro atoms. The number of hydrogen-bond acceptors (Lipinski definition) is 3. The minimum absolute atomic E-state index is 0.124. The van der Waals surface area contributed by atoms with Crippen LogP contribution in [-0.4, -0.2) is 9.97 Å². The molecular formula is C13H15IN2O2. The van der Waals surface area contributed by atoms with Gasteiger partial charge in [0.25, 0.3) is 5.56 Å². The number of furan rings is 1. The summed E-state index contributed by atoms with van der Waals surface area (Å²) in [7, 11) is 0. The maximum atomic E-state index is 12.0. The van der Waals surface area contributed by atoms with Crippen molar-refractivity contribution in [3.05, 3.63) is 37.5 Å². The Bertz CT molecular complexity index is 635. The van der Waals surface area contributed by atoms with Crippen molar-refractivity contribution < 1.29 is 4.42 Å². The van der Waals surface area contributed by atoms with Gasteiger partial charge in [0.15, 0.2) is 11.6 Å². The molecule has 0 aliphatic carbocycles. The van der Waals surface area contributed by atoms with E-state index in [-0.39, 0.29) is 11.0 Å². The molecule has 2 heterocycles. The second-order valence-corrected chi connectivity index (χ2v) is 6.34. The van der Waals surface area contributed by atoms with Gasteiger partial charge in [-0.15, -0.1) is 0 Å². The van der Waals surface area contributed by atoms with Crippen LogP contribution in [0.1, 0.15) is 32.0 Å². The fourth-order valence-electron chi connectivity index (χ4n) is 1.68. The van der Waals surface area contributed by atoms with Gasteiger partial charge in [0.1, 0.15) is 3.57 Å². The predicted octanol–water partition coefficient (Wildman–Crippen LogP) is 3.24. The summed E-state index contributed by atoms with van der Waals surface area (Å²) in [4.78, 5) is 19.3. The normalized spacial score (nSPS) is 11.8. The predicted molar refractivity (Wildman–Crippen MR) is 78.7 cm³/mol. The van der Waals surface area contributed by atoms with Gasteiger partial charge >= 0.3 is 0 Å². The molecule has 0 bridgehead atoms. The van der Waals surface area contributed by atoms with E-state index in [9.17, 15) is 4.79 Å². The van der Waals surface area contributed by atoms with Crippen molar-refractivity contribution in [2.45, 2.75) is 33.1 Å². The number of aromatic amines is 1. The molecule has 0 fully saturated rings. The van der Waals surface area contributed by atoms with Crippen molar-refractivity contribution in [2.75, 3.05) is 0 Å². The highest BCUT2D eigenvalue weighted by molar-refractivity contribution is 14.1. The zero-order chi connectivity index (χ0) is 13.5. The van der Waals surface area contributed by atoms with Crippen molar-refractivity contribution >= 4 is 22.6 Å². The van der Waals surface area contributed by atoms with E-state index < -0.39 is 0 Å². The first-order valence-corrected chi connectivity index (χ1v) is 6.73. The van der Waals surface area contributed by atoms with E-state index in [1.54, 1.807) is 6.26 Å². The number of nitrogens with one attached hydrogen (secondary N) is 1. The van der Waals surface area contributed by atoms with Crippen LogP contribution in [0.25, 0.3) is 11.6 Å². The van der Waals surface area contributed by atoms with Gasteiger partial charge in [0.2, 0.25) is 0 Å². The molecule has 0 atom stereocenters. The van der Waals surface area contributed by atoms with Crippen LogP contribution in [0, 0.1) is 10.5 Å². The largest absolute Gasteiger partial charge is 0.461 e. The summed E-state index contributed by atoms with van der Waals surface area (Å²) in [5.41, 5.74) is 1.44. The molecule has 0 amide bonds. The minimum atomic E-state index is -0.181. The van der Waals surface area contributed by atoms with Crippen molar-refractivity contribution in [2.24, 2.45) is 0 Å². The molecule has 0 radical (unpaired) electrons. The first-order chi connectivity index (χ1) is 8.30. The topological polar surface area (TPSA) is 58.9 Å². The molecule has 2 aromatic rings. The first kappa shape index (κ1) is 13.3. The van der Waals surface area contributed by atoms with Crippen LogP contribution in [0.2, 0.25) is 0 Å². The maximum absolute atomic E-state index is 12.0. The number of hydrogen-bond donors (Lipinski definition) is 1. The van der Waals surface area contributed by atoms with Gasteiger partial charge in [0.05, 0.1) is 12.0 Å². The Balaban J connectivity index is 2.70. The van der Waals surface area contributed by atoms with Gasteiger partial charge in [-0.1, -0.05) is 20.8 Å². The van der Waals surface area contributed by atoms with Crippen molar-refractivity contribution in [1.82, 2.24) is 9.97 Å². The molecular weight excluding hydrogens is 343 g/mol. The smallest absolute Gasteiger partial charge is 0.264 e. The van der Waals surface area contributed by atoms with E-state index in [0.29, 0.717) is 15.2 Å². The number of H-pyrrole nitrogens is 1. The Hall–Kier alpha value is -1.11. The third-order valence-electron chi connectivity index (χ3n) is 2.65. The van der Waals surface area contributed by atoms with Crippen molar-refractivity contribution in [3.63, 3.8) is 0 Å². The average molecular weight is 358 g/mol. The molecule has 5 heteroatoms. The number of rotatable bonds is 1. The van der Waals surface area contributed by atoms with Gasteiger partial charge in [0, 0.05) is 5.41 Å². The lowest BCUT2D eigenvalue weighted by Crippen LogP contribution is -2.24. The summed E-state index contributed by atoms with van der Waals surface area (Å²) >= 11 is 2.04. The Morgan fingerprint density at radius 3 is 2.56 bits per heavy atom. The van der Waals surface area contributed by atoms with Gasteiger partial charge in [-0.2, -0.15) is 0 Å². The Morgan fingerprint density at radius 1 is 1.39 bits per heavy atom. The van der Waals surface area contributed by atoms with Gasteiger partial charge in [-0.05, 0) is 41.1 Å². The molecule has 0 aliphatic rings. The maximum Gasteiger partial charge on any atom is 0.264 e. The minimum Gasteiger partial charge on any atom is -0.461 e. The lowest BCUT2D eigenvalue weighted by Gasteiger charge is -2.19. The van der Waals surface area contributed by atoms with Crippen LogP contribution in [0.3, 0.4) is 0 Å². The van der Waals surface area contributed by atoms with E-state index in [2.05, 4.69) is 9.97 Å². The SMILES string of the molecule is Cc1ccoc1-c1nc(C(C)(C)C)c(I)c(=O)[nH]1. The van der Waals surface area contributed by atoms with E-state index in [4.69, 9.17) is 4.42 Å². The number of halogens is 1. The zero-order valence-corrected chi connectivity index (χ0v) is 13.0. The van der Waals surface area contributed by atoms with Crippen LogP contribution in [0.5, 0.6) is 0 Å². The van der Waals surface area contributed by atoms with E-state index in [1.807, 2.05) is 56.4 Å². The second-order valence-electron chi connectivity index (χ2n) is 5.26. The fraction of sp³-hybridized carbons (Fsp3) is 0.385. The molecule has 0 aromatic carbocycles. The molecule has 0 aliphatic heterocycles. The molecule has 96 valence electrons. The summed E-state index contributed by atoms with van der Waals surface area (Å²) in [6.45, 7) is 8.04. The third-order valence-corrected chi connectivity index (χ3v) is 3.65. The number of aromatic nitrogens is 2. The fourth-order valence-corrected chi connectivity index (χ4v) is 2.74. The quantitative estimate of drug-likeness (QED) is 0.797. The second kappa shape index (κ2) is 4.53. The van der Waals surface area contributed by atoms with Gasteiger partial charge < -0.3 is 9.40 Å². The lowest BCUT2D eigenvalue weighted by atomic mass is 9.92. The van der Waals surface area contributed by atoms with Crippen molar-refractivity contribution in [1.29, 1.82) is 0 Å². The molecule has 2 aromatic heterocycles. The summed E-state index contributed by atoms with van der Waals surface area (Å²) in [6.07, 6.45) is 1.60. The van der Waals surface area contributed by atoms with E-state index in [1.165, 1.54) is 0 Å². The molecule has 0 unspecified atom stereocenters. The van der Waals surface area contributed by atoms with Crippen molar-refractivity contribution in [3.8, 4) is 11.6 Å². The molecule has 0 saturated heterocycles. The summed E-state index contributed by atoms with van der Waals surface area (Å²) in [5.74, 6) is 1.11. The summed E-state index contributed by atoms with van der Waals surface area (Å²) < 4.78 is 6.01. The third kappa shape index (κ3) is 2.36. The zero-order valence-electron chi connectivity index (χ0n) is 10.8. The highest BCUT2D eigenvalue weighted by Crippen LogP contribution is 2.26. The highest BCUT2D eigenvalue weighted by Gasteiger charge is 2.23. The monoisotopic (exact) mass is 358 g/mol. The van der Waals surface area contributed by atoms with Gasteiger partial charge in [-0.3, -0.25) is 4.79 Å². The number of aryl methyl sites for hydroxylation is 1. The standard InChI is InChI=1S/C13H15IN2O2/c1-7-5-6-18-9(7)11-15-10(13(2,3)4)8(14)12(17)16-11/h5-6H,1-4H3,(H,15,16,17). The molecule has 2 rings (SSSR count). The van der Waals surface area contributed by atoms with Crippen LogP contribution in [0.15, 0.2) is 21.5 Å². The highest BCUT2D eigenvalue weighted by atomic mass is 127. The molecule has 4 nitrogen and oxygen atoms in total. The lowest BCUT2D eigenvalue weighted by molar-refractivity contribution is 0.551. The molecule has 0 saturated carbocycles. The number of nitrogens with zero attached hydrogens (tertiary/aromatic N) is 1. The summed E-state index contributed by atoms with van der Waals surface area (Å²) in [6, 6.07) is 1.85. The summed E-state index contributed by atoms with van der Waals surface area (Å²) in [5, 5.41) is 0. The van der Waals surface area contributed by atoms with Crippen LogP contribution >= 0.6 is 22.6 Å². The molecule has 1 N–H and O–H groups in total. The average Bonchev–Trinajstić information content (AvgIpc) is 2.66. The van der Waals surface area contributed by atoms with Crippen LogP contribution in [0.4, 0.5) is 0 Å². The Labute approximate surface area is 119 Å². The van der Waals surface area contributed by atoms with Crippen LogP contribution < -0.4 is 5.56 Å². The van der Waals surface area contributed by atoms with E-state index >= 15 is 0 Å². The van der Waals surface area contributed by atoms with Gasteiger partial charge in [-0.25, -0.2) is 4.98 Å².